The SMILES string of the molecule is COc1cc(OC)c(OC)cc1CN1[C@H]2CC[C@H]1c1cnc(C)nc1C2. The standard InChI is InChI=1S/C20H25N3O3/c1-12-21-10-15-16(22-12)8-14-5-6-17(15)23(14)11-13-7-19(25-3)20(26-4)9-18(13)24-2/h7,9-10,14,17H,5-6,8,11H2,1-4H3/t14-,17-/m0/s1. The molecule has 26 heavy (non-hydrogen) atoms. The van der Waals surface area contributed by atoms with Crippen LogP contribution in [0.5, 0.6) is 17.2 Å². The summed E-state index contributed by atoms with van der Waals surface area (Å²) in [7, 11) is 5.00. The summed E-state index contributed by atoms with van der Waals surface area (Å²) in [4.78, 5) is 11.7. The lowest BCUT2D eigenvalue weighted by Crippen LogP contribution is -2.37. The number of ether oxygens (including phenoxy) is 3. The molecule has 6 nitrogen and oxygen atoms in total. The monoisotopic (exact) mass is 355 g/mol. The van der Waals surface area contributed by atoms with Crippen LogP contribution in [0.4, 0.5) is 0 Å². The lowest BCUT2D eigenvalue weighted by atomic mass is 9.98. The molecule has 0 amide bonds. The molecule has 0 spiro atoms. The predicted octanol–water partition coefficient (Wildman–Crippen LogP) is 3.07. The third kappa shape index (κ3) is 2.78. The number of hydrogen-bond donors (Lipinski definition) is 0. The van der Waals surface area contributed by atoms with Gasteiger partial charge in [-0.15, -0.1) is 0 Å². The highest BCUT2D eigenvalue weighted by atomic mass is 16.5. The molecule has 0 N–H and O–H groups in total. The summed E-state index contributed by atoms with van der Waals surface area (Å²) in [5.41, 5.74) is 3.61. The summed E-state index contributed by atoms with van der Waals surface area (Å²) in [6.07, 6.45) is 5.35. The molecule has 4 rings (SSSR count). The van der Waals surface area contributed by atoms with Crippen molar-refractivity contribution in [2.24, 2.45) is 0 Å². The molecule has 2 bridgehead atoms. The van der Waals surface area contributed by atoms with Crippen LogP contribution in [-0.4, -0.2) is 42.2 Å². The second-order valence-electron chi connectivity index (χ2n) is 6.96. The second kappa shape index (κ2) is 6.76. The van der Waals surface area contributed by atoms with Crippen LogP contribution in [0.3, 0.4) is 0 Å². The van der Waals surface area contributed by atoms with Crippen molar-refractivity contribution in [3.63, 3.8) is 0 Å². The fourth-order valence-corrected chi connectivity index (χ4v) is 4.33. The largest absolute Gasteiger partial charge is 0.496 e. The molecule has 3 heterocycles. The van der Waals surface area contributed by atoms with Crippen molar-refractivity contribution in [1.29, 1.82) is 0 Å². The van der Waals surface area contributed by atoms with Gasteiger partial charge in [0.1, 0.15) is 11.6 Å². The number of hydrogen-bond acceptors (Lipinski definition) is 6. The van der Waals surface area contributed by atoms with E-state index in [-0.39, 0.29) is 0 Å². The highest BCUT2D eigenvalue weighted by Crippen LogP contribution is 2.45. The normalized spacial score (nSPS) is 21.4. The third-order valence-electron chi connectivity index (χ3n) is 5.59. The van der Waals surface area contributed by atoms with Crippen molar-refractivity contribution in [3.8, 4) is 17.2 Å². The molecule has 0 aliphatic carbocycles. The van der Waals surface area contributed by atoms with Crippen molar-refractivity contribution in [1.82, 2.24) is 14.9 Å². The first-order valence-electron chi connectivity index (χ1n) is 9.01. The summed E-state index contributed by atoms with van der Waals surface area (Å²) in [5.74, 6) is 3.10. The van der Waals surface area contributed by atoms with E-state index >= 15 is 0 Å². The summed E-state index contributed by atoms with van der Waals surface area (Å²) >= 11 is 0. The summed E-state index contributed by atoms with van der Waals surface area (Å²) in [5, 5.41) is 0. The molecule has 1 saturated heterocycles. The Labute approximate surface area is 154 Å². The van der Waals surface area contributed by atoms with Crippen LogP contribution >= 0.6 is 0 Å². The molecular formula is C20H25N3O3. The minimum absolute atomic E-state index is 0.377. The van der Waals surface area contributed by atoms with E-state index < -0.39 is 0 Å². The van der Waals surface area contributed by atoms with Gasteiger partial charge in [0.05, 0.1) is 27.0 Å². The Balaban J connectivity index is 1.67. The van der Waals surface area contributed by atoms with Gasteiger partial charge in [0.25, 0.3) is 0 Å². The molecule has 0 radical (unpaired) electrons. The Morgan fingerprint density at radius 3 is 2.50 bits per heavy atom. The van der Waals surface area contributed by atoms with Gasteiger partial charge in [0, 0.05) is 48.4 Å². The number of nitrogens with zero attached hydrogens (tertiary/aromatic N) is 3. The molecule has 6 heteroatoms. The van der Waals surface area contributed by atoms with Crippen LogP contribution in [-0.2, 0) is 13.0 Å². The Hall–Kier alpha value is -2.34. The Bertz CT molecular complexity index is 824. The van der Waals surface area contributed by atoms with Crippen LogP contribution in [0, 0.1) is 6.92 Å². The van der Waals surface area contributed by atoms with Crippen LogP contribution < -0.4 is 14.2 Å². The number of rotatable bonds is 5. The van der Waals surface area contributed by atoms with E-state index in [2.05, 4.69) is 14.9 Å². The smallest absolute Gasteiger partial charge is 0.164 e. The predicted molar refractivity (Wildman–Crippen MR) is 97.9 cm³/mol. The van der Waals surface area contributed by atoms with E-state index in [0.717, 1.165) is 42.3 Å². The number of aromatic nitrogens is 2. The van der Waals surface area contributed by atoms with Crippen LogP contribution in [0.2, 0.25) is 0 Å². The molecule has 2 aromatic rings. The molecule has 1 aromatic carbocycles. The van der Waals surface area contributed by atoms with Gasteiger partial charge in [-0.1, -0.05) is 0 Å². The van der Waals surface area contributed by atoms with E-state index in [1.165, 1.54) is 17.7 Å². The van der Waals surface area contributed by atoms with E-state index in [1.807, 2.05) is 25.3 Å². The maximum absolute atomic E-state index is 5.62. The first kappa shape index (κ1) is 17.1. The number of aryl methyl sites for hydroxylation is 1. The topological polar surface area (TPSA) is 56.7 Å². The summed E-state index contributed by atoms with van der Waals surface area (Å²) < 4.78 is 16.5. The Morgan fingerprint density at radius 2 is 1.77 bits per heavy atom. The summed E-state index contributed by atoms with van der Waals surface area (Å²) in [6, 6.07) is 4.82. The molecule has 0 unspecified atom stereocenters. The van der Waals surface area contributed by atoms with Gasteiger partial charge >= 0.3 is 0 Å². The van der Waals surface area contributed by atoms with Gasteiger partial charge in [-0.3, -0.25) is 4.90 Å². The van der Waals surface area contributed by atoms with Crippen LogP contribution in [0.15, 0.2) is 18.3 Å². The van der Waals surface area contributed by atoms with Crippen LogP contribution in [0.1, 0.15) is 41.5 Å². The zero-order chi connectivity index (χ0) is 18.3. The van der Waals surface area contributed by atoms with Gasteiger partial charge in [0.15, 0.2) is 11.5 Å². The Kier molecular flexibility index (Phi) is 4.44. The van der Waals surface area contributed by atoms with Crippen molar-refractivity contribution < 1.29 is 14.2 Å². The minimum Gasteiger partial charge on any atom is -0.496 e. The molecule has 1 aromatic heterocycles. The highest BCUT2D eigenvalue weighted by molar-refractivity contribution is 5.51. The second-order valence-corrected chi connectivity index (χ2v) is 6.96. The molecule has 2 aliphatic rings. The number of fused-ring (bicyclic) bond motifs is 4. The molecule has 2 atom stereocenters. The summed E-state index contributed by atoms with van der Waals surface area (Å²) in [6.45, 7) is 2.77. The fraction of sp³-hybridized carbons (Fsp3) is 0.500. The fourth-order valence-electron chi connectivity index (χ4n) is 4.33. The maximum Gasteiger partial charge on any atom is 0.164 e. The average molecular weight is 355 g/mol. The van der Waals surface area contributed by atoms with E-state index in [0.29, 0.717) is 17.8 Å². The lowest BCUT2D eigenvalue weighted by Gasteiger charge is -2.36. The van der Waals surface area contributed by atoms with Crippen molar-refractivity contribution >= 4 is 0 Å². The van der Waals surface area contributed by atoms with E-state index in [1.54, 1.807) is 21.3 Å². The first-order valence-corrected chi connectivity index (χ1v) is 9.01. The number of benzene rings is 1. The Morgan fingerprint density at radius 1 is 1.04 bits per heavy atom. The van der Waals surface area contributed by atoms with Gasteiger partial charge in [0.2, 0.25) is 0 Å². The van der Waals surface area contributed by atoms with Gasteiger partial charge < -0.3 is 14.2 Å². The zero-order valence-electron chi connectivity index (χ0n) is 15.8. The third-order valence-corrected chi connectivity index (χ3v) is 5.59. The number of methoxy groups -OCH3 is 3. The molecule has 1 fully saturated rings. The maximum atomic E-state index is 5.62. The molecule has 138 valence electrons. The van der Waals surface area contributed by atoms with Gasteiger partial charge in [-0.2, -0.15) is 0 Å². The van der Waals surface area contributed by atoms with Crippen molar-refractivity contribution in [2.45, 2.75) is 44.8 Å². The van der Waals surface area contributed by atoms with Crippen molar-refractivity contribution in [2.75, 3.05) is 21.3 Å². The average Bonchev–Trinajstić information content (AvgIpc) is 2.93. The van der Waals surface area contributed by atoms with E-state index in [4.69, 9.17) is 14.2 Å². The van der Waals surface area contributed by atoms with Gasteiger partial charge in [-0.05, 0) is 25.8 Å². The van der Waals surface area contributed by atoms with Crippen molar-refractivity contribution in [3.05, 3.63) is 41.0 Å². The highest BCUT2D eigenvalue weighted by Gasteiger charge is 2.41. The van der Waals surface area contributed by atoms with Gasteiger partial charge in [-0.25, -0.2) is 9.97 Å². The van der Waals surface area contributed by atoms with E-state index in [9.17, 15) is 0 Å². The molecule has 2 aliphatic heterocycles. The quantitative estimate of drug-likeness (QED) is 0.822. The minimum atomic E-state index is 0.377. The zero-order valence-corrected chi connectivity index (χ0v) is 15.8. The molecular weight excluding hydrogens is 330 g/mol. The van der Waals surface area contributed by atoms with Crippen LogP contribution in [0.25, 0.3) is 0 Å². The lowest BCUT2D eigenvalue weighted by molar-refractivity contribution is 0.164. The first-order chi connectivity index (χ1) is 12.6. The molecule has 0 saturated carbocycles.